The minimum atomic E-state index is -0.462. The third kappa shape index (κ3) is 3.92. The van der Waals surface area contributed by atoms with E-state index in [-0.39, 0.29) is 18.0 Å². The molecule has 0 radical (unpaired) electrons. The number of nitrogens with one attached hydrogen (secondary N) is 1. The Morgan fingerprint density at radius 3 is 2.62 bits per heavy atom. The molecule has 6 nitrogen and oxygen atoms in total. The highest BCUT2D eigenvalue weighted by Crippen LogP contribution is 2.19. The molecule has 0 aliphatic heterocycles. The van der Waals surface area contributed by atoms with Crippen LogP contribution in [0.3, 0.4) is 0 Å². The van der Waals surface area contributed by atoms with Gasteiger partial charge in [-0.15, -0.1) is 0 Å². The van der Waals surface area contributed by atoms with Crippen LogP contribution in [0.15, 0.2) is 71.8 Å². The maximum absolute atomic E-state index is 12.2. The Labute approximate surface area is 150 Å². The van der Waals surface area contributed by atoms with Gasteiger partial charge in [-0.3, -0.25) is 14.9 Å². The Hall–Kier alpha value is -3.54. The van der Waals surface area contributed by atoms with Gasteiger partial charge >= 0.3 is 0 Å². The predicted octanol–water partition coefficient (Wildman–Crippen LogP) is 3.83. The number of rotatable bonds is 5. The number of carbonyl (C=O) groups excluding carboxylic acids is 1. The lowest BCUT2D eigenvalue weighted by atomic mass is 10.0. The molecule has 130 valence electrons. The van der Waals surface area contributed by atoms with E-state index >= 15 is 0 Å². The monoisotopic (exact) mass is 347 g/mol. The van der Waals surface area contributed by atoms with Crippen LogP contribution in [0.4, 0.5) is 5.69 Å². The molecule has 0 aliphatic rings. The lowest BCUT2D eigenvalue weighted by Crippen LogP contribution is -2.21. The van der Waals surface area contributed by atoms with Crippen molar-refractivity contribution in [3.63, 3.8) is 0 Å². The molecule has 3 aromatic rings. The van der Waals surface area contributed by atoms with Gasteiger partial charge in [-0.05, 0) is 23.3 Å². The van der Waals surface area contributed by atoms with Gasteiger partial charge in [-0.2, -0.15) is 5.10 Å². The maximum Gasteiger partial charge on any atom is 0.270 e. The summed E-state index contributed by atoms with van der Waals surface area (Å²) in [6, 6.07) is 19.9. The third-order valence-corrected chi connectivity index (χ3v) is 4.05. The van der Waals surface area contributed by atoms with E-state index in [0.717, 1.165) is 16.3 Å². The molecule has 0 fully saturated rings. The van der Waals surface area contributed by atoms with Crippen molar-refractivity contribution in [2.24, 2.45) is 5.10 Å². The van der Waals surface area contributed by atoms with Crippen molar-refractivity contribution in [3.05, 3.63) is 88.0 Å². The first-order valence-corrected chi connectivity index (χ1v) is 8.09. The number of nitrogens with zero attached hydrogens (tertiary/aromatic N) is 2. The molecule has 1 N–H and O–H groups in total. The average Bonchev–Trinajstić information content (AvgIpc) is 2.66. The van der Waals surface area contributed by atoms with E-state index in [1.54, 1.807) is 19.1 Å². The lowest BCUT2D eigenvalue weighted by molar-refractivity contribution is -0.384. The van der Waals surface area contributed by atoms with Crippen LogP contribution in [-0.2, 0) is 11.2 Å². The first-order valence-electron chi connectivity index (χ1n) is 8.09. The van der Waals surface area contributed by atoms with Crippen LogP contribution in [0, 0.1) is 10.1 Å². The fourth-order valence-corrected chi connectivity index (χ4v) is 2.71. The molecule has 0 saturated carbocycles. The molecule has 0 saturated heterocycles. The maximum atomic E-state index is 12.2. The summed E-state index contributed by atoms with van der Waals surface area (Å²) in [5.74, 6) is -0.244. The smallest absolute Gasteiger partial charge is 0.270 e. The zero-order valence-corrected chi connectivity index (χ0v) is 14.2. The summed E-state index contributed by atoms with van der Waals surface area (Å²) in [6.07, 6.45) is 0.201. The quantitative estimate of drug-likeness (QED) is 0.432. The molecule has 0 aromatic heterocycles. The summed E-state index contributed by atoms with van der Waals surface area (Å²) in [5, 5.41) is 17.0. The van der Waals surface area contributed by atoms with Gasteiger partial charge in [0.1, 0.15) is 0 Å². The summed E-state index contributed by atoms with van der Waals surface area (Å²) in [7, 11) is 0. The number of fused-ring (bicyclic) bond motifs is 1. The molecule has 1 amide bonds. The number of nitro benzene ring substituents is 1. The number of nitro groups is 1. The lowest BCUT2D eigenvalue weighted by Gasteiger charge is -2.06. The van der Waals surface area contributed by atoms with E-state index in [1.165, 1.54) is 12.1 Å². The SMILES string of the molecule is C/C(=N/NC(=O)Cc1cccc2ccccc12)c1cccc([N+](=O)[O-])c1. The summed E-state index contributed by atoms with van der Waals surface area (Å²) >= 11 is 0. The molecule has 26 heavy (non-hydrogen) atoms. The average molecular weight is 347 g/mol. The minimum absolute atomic E-state index is 0.0147. The molecule has 0 spiro atoms. The Bertz CT molecular complexity index is 1010. The second-order valence-electron chi connectivity index (χ2n) is 5.85. The highest BCUT2D eigenvalue weighted by Gasteiger charge is 2.09. The van der Waals surface area contributed by atoms with Crippen LogP contribution in [0.2, 0.25) is 0 Å². The summed E-state index contributed by atoms with van der Waals surface area (Å²) in [5.41, 5.74) is 4.52. The van der Waals surface area contributed by atoms with Gasteiger partial charge in [-0.25, -0.2) is 5.43 Å². The van der Waals surface area contributed by atoms with E-state index in [0.29, 0.717) is 11.3 Å². The van der Waals surface area contributed by atoms with Gasteiger partial charge in [0, 0.05) is 17.7 Å². The zero-order chi connectivity index (χ0) is 18.5. The van der Waals surface area contributed by atoms with Crippen molar-refractivity contribution in [2.75, 3.05) is 0 Å². The van der Waals surface area contributed by atoms with Crippen LogP contribution in [-0.4, -0.2) is 16.5 Å². The number of non-ortho nitro benzene ring substituents is 1. The highest BCUT2D eigenvalue weighted by atomic mass is 16.6. The number of carbonyl (C=O) groups is 1. The van der Waals surface area contributed by atoms with Crippen molar-refractivity contribution >= 4 is 28.1 Å². The molecular formula is C20H17N3O3. The van der Waals surface area contributed by atoms with E-state index in [2.05, 4.69) is 10.5 Å². The van der Waals surface area contributed by atoms with Gasteiger partial charge in [0.15, 0.2) is 0 Å². The number of hydrogen-bond acceptors (Lipinski definition) is 4. The molecule has 0 aliphatic carbocycles. The number of benzene rings is 3. The summed E-state index contributed by atoms with van der Waals surface area (Å²) in [4.78, 5) is 22.6. The summed E-state index contributed by atoms with van der Waals surface area (Å²) < 4.78 is 0. The van der Waals surface area contributed by atoms with Crippen molar-refractivity contribution < 1.29 is 9.72 Å². The molecule has 3 rings (SSSR count). The molecule has 0 heterocycles. The number of amides is 1. The van der Waals surface area contributed by atoms with E-state index in [4.69, 9.17) is 0 Å². The van der Waals surface area contributed by atoms with Crippen molar-refractivity contribution in [3.8, 4) is 0 Å². The fraction of sp³-hybridized carbons (Fsp3) is 0.100. The van der Waals surface area contributed by atoms with Gasteiger partial charge < -0.3 is 0 Å². The topological polar surface area (TPSA) is 84.6 Å². The molecule has 3 aromatic carbocycles. The van der Waals surface area contributed by atoms with E-state index in [1.807, 2.05) is 42.5 Å². The molecule has 0 unspecified atom stereocenters. The van der Waals surface area contributed by atoms with Crippen molar-refractivity contribution in [1.29, 1.82) is 0 Å². The van der Waals surface area contributed by atoms with Crippen molar-refractivity contribution in [2.45, 2.75) is 13.3 Å². The second kappa shape index (κ2) is 7.57. The number of hydrazone groups is 1. The second-order valence-corrected chi connectivity index (χ2v) is 5.85. The Morgan fingerprint density at radius 2 is 1.81 bits per heavy atom. The largest absolute Gasteiger partial charge is 0.273 e. The Kier molecular flexibility index (Phi) is 5.03. The Balaban J connectivity index is 1.72. The highest BCUT2D eigenvalue weighted by molar-refractivity contribution is 6.00. The third-order valence-electron chi connectivity index (χ3n) is 4.05. The number of hydrogen-bond donors (Lipinski definition) is 1. The minimum Gasteiger partial charge on any atom is -0.273 e. The van der Waals surface area contributed by atoms with Gasteiger partial charge in [-0.1, -0.05) is 54.6 Å². The van der Waals surface area contributed by atoms with Crippen LogP contribution in [0.5, 0.6) is 0 Å². The van der Waals surface area contributed by atoms with Crippen LogP contribution in [0.25, 0.3) is 10.8 Å². The van der Waals surface area contributed by atoms with Crippen molar-refractivity contribution in [1.82, 2.24) is 5.43 Å². The summed E-state index contributed by atoms with van der Waals surface area (Å²) in [6.45, 7) is 1.69. The predicted molar refractivity (Wildman–Crippen MR) is 101 cm³/mol. The van der Waals surface area contributed by atoms with E-state index in [9.17, 15) is 14.9 Å². The van der Waals surface area contributed by atoms with Crippen LogP contribution < -0.4 is 5.43 Å². The normalized spacial score (nSPS) is 11.3. The molecule has 6 heteroatoms. The standard InChI is InChI=1S/C20H17N3O3/c1-14(16-8-5-10-18(12-16)23(25)26)21-22-20(24)13-17-9-4-7-15-6-2-3-11-19(15)17/h2-12H,13H2,1H3,(H,22,24)/b21-14-. The Morgan fingerprint density at radius 1 is 1.08 bits per heavy atom. The molecular weight excluding hydrogens is 330 g/mol. The fourth-order valence-electron chi connectivity index (χ4n) is 2.71. The van der Waals surface area contributed by atoms with Crippen LogP contribution >= 0.6 is 0 Å². The van der Waals surface area contributed by atoms with Gasteiger partial charge in [0.2, 0.25) is 5.91 Å². The molecule has 0 bridgehead atoms. The first kappa shape index (κ1) is 17.3. The first-order chi connectivity index (χ1) is 12.5. The zero-order valence-electron chi connectivity index (χ0n) is 14.2. The molecule has 0 atom stereocenters. The van der Waals surface area contributed by atoms with Crippen LogP contribution in [0.1, 0.15) is 18.1 Å². The van der Waals surface area contributed by atoms with Gasteiger partial charge in [0.05, 0.1) is 17.1 Å². The van der Waals surface area contributed by atoms with E-state index < -0.39 is 4.92 Å². The van der Waals surface area contributed by atoms with Gasteiger partial charge in [0.25, 0.3) is 5.69 Å².